The van der Waals surface area contributed by atoms with E-state index in [2.05, 4.69) is 5.32 Å². The number of nitrogens with one attached hydrogen (secondary N) is 1. The molecule has 4 nitrogen and oxygen atoms in total. The van der Waals surface area contributed by atoms with Crippen LogP contribution in [0, 0.1) is 15.9 Å². The molecule has 0 bridgehead atoms. The molecular weight excluding hydrogens is 295 g/mol. The van der Waals surface area contributed by atoms with E-state index in [1.165, 1.54) is 24.3 Å². The number of benzene rings is 2. The molecule has 21 heavy (non-hydrogen) atoms. The van der Waals surface area contributed by atoms with Gasteiger partial charge in [-0.2, -0.15) is 0 Å². The van der Waals surface area contributed by atoms with Crippen LogP contribution in [-0.2, 0) is 6.42 Å². The lowest BCUT2D eigenvalue weighted by atomic mass is 10.1. The molecule has 0 fully saturated rings. The summed E-state index contributed by atoms with van der Waals surface area (Å²) in [6, 6.07) is 10.9. The first-order chi connectivity index (χ1) is 9.95. The Balaban J connectivity index is 2.07. The molecule has 1 atom stereocenters. The average Bonchev–Trinajstić information content (AvgIpc) is 2.40. The second-order valence-electron chi connectivity index (χ2n) is 4.80. The Labute approximate surface area is 126 Å². The van der Waals surface area contributed by atoms with Gasteiger partial charge in [-0.3, -0.25) is 10.1 Å². The van der Waals surface area contributed by atoms with Gasteiger partial charge in [0.2, 0.25) is 0 Å². The van der Waals surface area contributed by atoms with Gasteiger partial charge in [-0.15, -0.1) is 0 Å². The summed E-state index contributed by atoms with van der Waals surface area (Å²) in [6.45, 7) is 1.92. The minimum atomic E-state index is -0.523. The number of nitrogens with zero attached hydrogens (tertiary/aromatic N) is 1. The molecule has 0 heterocycles. The third-order valence-electron chi connectivity index (χ3n) is 2.99. The molecule has 1 N–H and O–H groups in total. The number of anilines is 1. The fourth-order valence-corrected chi connectivity index (χ4v) is 2.28. The van der Waals surface area contributed by atoms with Crippen molar-refractivity contribution in [2.24, 2.45) is 0 Å². The van der Waals surface area contributed by atoms with Crippen LogP contribution in [0.25, 0.3) is 0 Å². The van der Waals surface area contributed by atoms with Crippen LogP contribution in [0.4, 0.5) is 15.8 Å². The van der Waals surface area contributed by atoms with Crippen molar-refractivity contribution in [2.45, 2.75) is 19.4 Å². The monoisotopic (exact) mass is 308 g/mol. The highest BCUT2D eigenvalue weighted by molar-refractivity contribution is 6.32. The molecule has 2 aromatic carbocycles. The van der Waals surface area contributed by atoms with Gasteiger partial charge in [-0.1, -0.05) is 23.7 Å². The molecule has 0 aliphatic heterocycles. The smallest absolute Gasteiger partial charge is 0.289 e. The highest BCUT2D eigenvalue weighted by Gasteiger charge is 2.13. The standard InChI is InChI=1S/C15H14ClFN2O2/c1-10(7-11-3-2-4-12(17)8-11)18-13-5-6-14(16)15(9-13)19(20)21/h2-6,8-10,18H,7H2,1H3. The summed E-state index contributed by atoms with van der Waals surface area (Å²) in [7, 11) is 0. The van der Waals surface area contributed by atoms with E-state index in [0.29, 0.717) is 12.1 Å². The summed E-state index contributed by atoms with van der Waals surface area (Å²) in [5.74, 6) is -0.276. The van der Waals surface area contributed by atoms with E-state index in [1.54, 1.807) is 12.1 Å². The Kier molecular flexibility index (Phi) is 4.75. The van der Waals surface area contributed by atoms with Gasteiger partial charge in [0.25, 0.3) is 5.69 Å². The van der Waals surface area contributed by atoms with Gasteiger partial charge >= 0.3 is 0 Å². The minimum absolute atomic E-state index is 0.00687. The van der Waals surface area contributed by atoms with Gasteiger partial charge in [-0.25, -0.2) is 4.39 Å². The molecule has 0 radical (unpaired) electrons. The van der Waals surface area contributed by atoms with Gasteiger partial charge in [0.05, 0.1) is 4.92 Å². The number of halogens is 2. The van der Waals surface area contributed by atoms with Crippen LogP contribution in [-0.4, -0.2) is 11.0 Å². The SMILES string of the molecule is CC(Cc1cccc(F)c1)Nc1ccc(Cl)c([N+](=O)[O-])c1. The van der Waals surface area contributed by atoms with Crippen molar-refractivity contribution >= 4 is 23.0 Å². The van der Waals surface area contributed by atoms with Crippen molar-refractivity contribution in [3.05, 3.63) is 69.0 Å². The number of nitro groups is 1. The van der Waals surface area contributed by atoms with Crippen LogP contribution in [0.5, 0.6) is 0 Å². The molecule has 0 aromatic heterocycles. The van der Waals surface area contributed by atoms with Crippen molar-refractivity contribution in [1.82, 2.24) is 0 Å². The minimum Gasteiger partial charge on any atom is -0.382 e. The molecule has 2 rings (SSSR count). The third kappa shape index (κ3) is 4.16. The molecule has 0 saturated carbocycles. The quantitative estimate of drug-likeness (QED) is 0.656. The van der Waals surface area contributed by atoms with E-state index in [4.69, 9.17) is 11.6 Å². The Bertz CT molecular complexity index is 664. The lowest BCUT2D eigenvalue weighted by Gasteiger charge is -2.15. The Morgan fingerprint density at radius 2 is 2.10 bits per heavy atom. The maximum absolute atomic E-state index is 13.1. The molecule has 0 aliphatic rings. The zero-order valence-electron chi connectivity index (χ0n) is 11.3. The first-order valence-corrected chi connectivity index (χ1v) is 6.78. The van der Waals surface area contributed by atoms with E-state index < -0.39 is 4.92 Å². The number of nitro benzene ring substituents is 1. The first-order valence-electron chi connectivity index (χ1n) is 6.40. The lowest BCUT2D eigenvalue weighted by Crippen LogP contribution is -2.18. The third-order valence-corrected chi connectivity index (χ3v) is 3.31. The lowest BCUT2D eigenvalue weighted by molar-refractivity contribution is -0.384. The zero-order chi connectivity index (χ0) is 15.4. The number of rotatable bonds is 5. The first kappa shape index (κ1) is 15.3. The predicted octanol–water partition coefficient (Wildman–Crippen LogP) is 4.43. The van der Waals surface area contributed by atoms with Crippen LogP contribution in [0.2, 0.25) is 5.02 Å². The van der Waals surface area contributed by atoms with E-state index >= 15 is 0 Å². The average molecular weight is 309 g/mol. The number of hydrogen-bond donors (Lipinski definition) is 1. The highest BCUT2D eigenvalue weighted by Crippen LogP contribution is 2.27. The van der Waals surface area contributed by atoms with Crippen molar-refractivity contribution in [3.63, 3.8) is 0 Å². The van der Waals surface area contributed by atoms with E-state index in [9.17, 15) is 14.5 Å². The van der Waals surface area contributed by atoms with Crippen LogP contribution in [0.3, 0.4) is 0 Å². The molecule has 1 unspecified atom stereocenters. The largest absolute Gasteiger partial charge is 0.382 e. The fraction of sp³-hybridized carbons (Fsp3) is 0.200. The summed E-state index contributed by atoms with van der Waals surface area (Å²) in [6.07, 6.45) is 0.605. The van der Waals surface area contributed by atoms with Crippen molar-refractivity contribution in [3.8, 4) is 0 Å². The molecule has 110 valence electrons. The van der Waals surface area contributed by atoms with Crippen LogP contribution in [0.1, 0.15) is 12.5 Å². The van der Waals surface area contributed by atoms with Gasteiger partial charge in [-0.05, 0) is 43.2 Å². The second-order valence-corrected chi connectivity index (χ2v) is 5.21. The Hall–Kier alpha value is -2.14. The summed E-state index contributed by atoms with van der Waals surface area (Å²) in [4.78, 5) is 10.3. The summed E-state index contributed by atoms with van der Waals surface area (Å²) in [5, 5.41) is 14.1. The molecule has 2 aromatic rings. The fourth-order valence-electron chi connectivity index (χ4n) is 2.10. The van der Waals surface area contributed by atoms with E-state index in [-0.39, 0.29) is 22.6 Å². The molecule has 6 heteroatoms. The maximum Gasteiger partial charge on any atom is 0.289 e. The summed E-state index contributed by atoms with van der Waals surface area (Å²) < 4.78 is 13.1. The normalized spacial score (nSPS) is 12.0. The van der Waals surface area contributed by atoms with Gasteiger partial charge in [0.15, 0.2) is 0 Å². The molecule has 0 aliphatic carbocycles. The molecule has 0 spiro atoms. The van der Waals surface area contributed by atoms with Crippen LogP contribution in [0.15, 0.2) is 42.5 Å². The van der Waals surface area contributed by atoms with Crippen LogP contribution < -0.4 is 5.32 Å². The summed E-state index contributed by atoms with van der Waals surface area (Å²) >= 11 is 5.76. The van der Waals surface area contributed by atoms with Crippen molar-refractivity contribution < 1.29 is 9.31 Å². The maximum atomic E-state index is 13.1. The van der Waals surface area contributed by atoms with Crippen molar-refractivity contribution in [2.75, 3.05) is 5.32 Å². The predicted molar refractivity (Wildman–Crippen MR) is 81.3 cm³/mol. The Morgan fingerprint density at radius 3 is 2.76 bits per heavy atom. The number of hydrogen-bond acceptors (Lipinski definition) is 3. The van der Waals surface area contributed by atoms with Gasteiger partial charge < -0.3 is 5.32 Å². The van der Waals surface area contributed by atoms with Gasteiger partial charge in [0, 0.05) is 17.8 Å². The van der Waals surface area contributed by atoms with Crippen LogP contribution >= 0.6 is 11.6 Å². The highest BCUT2D eigenvalue weighted by atomic mass is 35.5. The summed E-state index contributed by atoms with van der Waals surface area (Å²) in [5.41, 5.74) is 1.33. The van der Waals surface area contributed by atoms with Gasteiger partial charge in [0.1, 0.15) is 10.8 Å². The van der Waals surface area contributed by atoms with E-state index in [1.807, 2.05) is 13.0 Å². The molecule has 0 saturated heterocycles. The molecular formula is C15H14ClFN2O2. The van der Waals surface area contributed by atoms with E-state index in [0.717, 1.165) is 5.56 Å². The second kappa shape index (κ2) is 6.54. The zero-order valence-corrected chi connectivity index (χ0v) is 12.1. The molecule has 0 amide bonds. The van der Waals surface area contributed by atoms with Crippen molar-refractivity contribution in [1.29, 1.82) is 0 Å². The Morgan fingerprint density at radius 1 is 1.33 bits per heavy atom. The topological polar surface area (TPSA) is 55.2 Å².